The second kappa shape index (κ2) is 4.86. The summed E-state index contributed by atoms with van der Waals surface area (Å²) in [7, 11) is 0. The number of para-hydroxylation sites is 1. The van der Waals surface area contributed by atoms with E-state index >= 15 is 0 Å². The Hall–Kier alpha value is -2.13. The molecule has 0 saturated heterocycles. The van der Waals surface area contributed by atoms with Crippen LogP contribution in [0.4, 0.5) is 0 Å². The highest BCUT2D eigenvalue weighted by Gasteiger charge is 2.07. The molecule has 0 fully saturated rings. The molecule has 0 bridgehead atoms. The van der Waals surface area contributed by atoms with Crippen molar-refractivity contribution in [2.75, 3.05) is 0 Å². The number of ether oxygens (including phenoxy) is 1. The lowest BCUT2D eigenvalue weighted by Crippen LogP contribution is -1.95. The van der Waals surface area contributed by atoms with Crippen LogP contribution in [0, 0.1) is 6.92 Å². The van der Waals surface area contributed by atoms with Crippen molar-refractivity contribution in [3.8, 4) is 11.6 Å². The predicted octanol–water partition coefficient (Wildman–Crippen LogP) is 4.38. The van der Waals surface area contributed by atoms with Gasteiger partial charge in [0.2, 0.25) is 5.88 Å². The van der Waals surface area contributed by atoms with Gasteiger partial charge in [0.1, 0.15) is 11.6 Å². The van der Waals surface area contributed by atoms with E-state index in [0.717, 1.165) is 10.9 Å². The predicted molar refractivity (Wildman–Crippen MR) is 75.8 cm³/mol. The summed E-state index contributed by atoms with van der Waals surface area (Å²) < 4.78 is 5.82. The number of hydrogen-bond donors (Lipinski definition) is 0. The van der Waals surface area contributed by atoms with Gasteiger partial charge in [-0.1, -0.05) is 23.7 Å². The van der Waals surface area contributed by atoms with E-state index < -0.39 is 0 Å². The zero-order chi connectivity index (χ0) is 13.2. The summed E-state index contributed by atoms with van der Waals surface area (Å²) in [5, 5.41) is 1.57. The first-order chi connectivity index (χ1) is 9.22. The standard InChI is InChI=1S/C15H11ClN2O/c1-10-17-14-5-3-2-4-13(14)15(18-10)19-12-8-6-11(16)7-9-12/h2-9H,1H3. The van der Waals surface area contributed by atoms with Crippen molar-refractivity contribution in [3.63, 3.8) is 0 Å². The summed E-state index contributed by atoms with van der Waals surface area (Å²) in [6.45, 7) is 1.85. The molecule has 0 radical (unpaired) electrons. The minimum absolute atomic E-state index is 0.561. The average Bonchev–Trinajstić information content (AvgIpc) is 2.41. The van der Waals surface area contributed by atoms with Gasteiger partial charge in [-0.2, -0.15) is 4.98 Å². The molecule has 3 aromatic rings. The van der Waals surface area contributed by atoms with E-state index in [-0.39, 0.29) is 0 Å². The largest absolute Gasteiger partial charge is 0.438 e. The van der Waals surface area contributed by atoms with Crippen molar-refractivity contribution < 1.29 is 4.74 Å². The second-order valence-electron chi connectivity index (χ2n) is 4.15. The molecule has 0 amide bonds. The topological polar surface area (TPSA) is 35.0 Å². The Bertz CT molecular complexity index is 726. The van der Waals surface area contributed by atoms with E-state index in [1.807, 2.05) is 43.3 Å². The number of hydrogen-bond acceptors (Lipinski definition) is 3. The Morgan fingerprint density at radius 3 is 2.47 bits per heavy atom. The maximum Gasteiger partial charge on any atom is 0.230 e. The molecule has 3 nitrogen and oxygen atoms in total. The summed E-state index contributed by atoms with van der Waals surface area (Å²) in [5.74, 6) is 1.95. The van der Waals surface area contributed by atoms with E-state index in [9.17, 15) is 0 Å². The lowest BCUT2D eigenvalue weighted by Gasteiger charge is -2.08. The molecule has 2 aromatic carbocycles. The molecule has 94 valence electrons. The van der Waals surface area contributed by atoms with Crippen molar-refractivity contribution in [3.05, 3.63) is 59.4 Å². The lowest BCUT2D eigenvalue weighted by atomic mass is 10.2. The highest BCUT2D eigenvalue weighted by atomic mass is 35.5. The highest BCUT2D eigenvalue weighted by Crippen LogP contribution is 2.27. The van der Waals surface area contributed by atoms with Crippen molar-refractivity contribution in [1.29, 1.82) is 0 Å². The summed E-state index contributed by atoms with van der Waals surface area (Å²) in [6, 6.07) is 15.0. The Morgan fingerprint density at radius 1 is 0.947 bits per heavy atom. The van der Waals surface area contributed by atoms with Crippen LogP contribution in [0.1, 0.15) is 5.82 Å². The summed E-state index contributed by atoms with van der Waals surface area (Å²) in [6.07, 6.45) is 0. The van der Waals surface area contributed by atoms with Gasteiger partial charge in [-0.25, -0.2) is 4.98 Å². The van der Waals surface area contributed by atoms with Gasteiger partial charge in [-0.05, 0) is 43.3 Å². The molecule has 0 N–H and O–H groups in total. The third-order valence-electron chi connectivity index (χ3n) is 2.71. The summed E-state index contributed by atoms with van der Waals surface area (Å²) in [4.78, 5) is 8.73. The minimum Gasteiger partial charge on any atom is -0.438 e. The van der Waals surface area contributed by atoms with Crippen LogP contribution in [0.3, 0.4) is 0 Å². The third-order valence-corrected chi connectivity index (χ3v) is 2.96. The van der Waals surface area contributed by atoms with Gasteiger partial charge in [0, 0.05) is 5.02 Å². The van der Waals surface area contributed by atoms with Crippen molar-refractivity contribution in [1.82, 2.24) is 9.97 Å². The zero-order valence-electron chi connectivity index (χ0n) is 10.3. The van der Waals surface area contributed by atoms with E-state index in [1.54, 1.807) is 12.1 Å². The molecule has 0 atom stereocenters. The molecule has 0 saturated carbocycles. The monoisotopic (exact) mass is 270 g/mol. The fourth-order valence-electron chi connectivity index (χ4n) is 1.85. The highest BCUT2D eigenvalue weighted by molar-refractivity contribution is 6.30. The van der Waals surface area contributed by atoms with Crippen LogP contribution in [0.5, 0.6) is 11.6 Å². The van der Waals surface area contributed by atoms with Gasteiger partial charge in [-0.3, -0.25) is 0 Å². The molecule has 4 heteroatoms. The van der Waals surface area contributed by atoms with Crippen molar-refractivity contribution >= 4 is 22.5 Å². The molecule has 1 aromatic heterocycles. The van der Waals surface area contributed by atoms with Crippen LogP contribution in [-0.4, -0.2) is 9.97 Å². The van der Waals surface area contributed by atoms with Gasteiger partial charge >= 0.3 is 0 Å². The first kappa shape index (κ1) is 11.9. The molecular formula is C15H11ClN2O. The van der Waals surface area contributed by atoms with Gasteiger partial charge in [-0.15, -0.1) is 0 Å². The molecule has 0 spiro atoms. The Balaban J connectivity index is 2.07. The van der Waals surface area contributed by atoms with Crippen LogP contribution in [-0.2, 0) is 0 Å². The van der Waals surface area contributed by atoms with Crippen LogP contribution in [0.15, 0.2) is 48.5 Å². The number of halogens is 1. The van der Waals surface area contributed by atoms with Crippen molar-refractivity contribution in [2.45, 2.75) is 6.92 Å². The van der Waals surface area contributed by atoms with Gasteiger partial charge in [0.05, 0.1) is 10.9 Å². The third kappa shape index (κ3) is 2.51. The number of nitrogens with zero attached hydrogens (tertiary/aromatic N) is 2. The van der Waals surface area contributed by atoms with Crippen LogP contribution in [0.2, 0.25) is 5.02 Å². The average molecular weight is 271 g/mol. The molecule has 3 rings (SSSR count). The molecule has 0 aliphatic heterocycles. The molecule has 0 aliphatic rings. The van der Waals surface area contributed by atoms with E-state index in [4.69, 9.17) is 16.3 Å². The quantitative estimate of drug-likeness (QED) is 0.693. The second-order valence-corrected chi connectivity index (χ2v) is 4.59. The Morgan fingerprint density at radius 2 is 1.68 bits per heavy atom. The maximum atomic E-state index is 5.85. The van der Waals surface area contributed by atoms with Crippen LogP contribution < -0.4 is 4.74 Å². The number of aromatic nitrogens is 2. The lowest BCUT2D eigenvalue weighted by molar-refractivity contribution is 0.466. The molecule has 19 heavy (non-hydrogen) atoms. The van der Waals surface area contributed by atoms with Crippen molar-refractivity contribution in [2.24, 2.45) is 0 Å². The molecular weight excluding hydrogens is 260 g/mol. The van der Waals surface area contributed by atoms with E-state index in [1.165, 1.54) is 0 Å². The number of fused-ring (bicyclic) bond motifs is 1. The summed E-state index contributed by atoms with van der Waals surface area (Å²) in [5.41, 5.74) is 0.874. The smallest absolute Gasteiger partial charge is 0.230 e. The first-order valence-electron chi connectivity index (χ1n) is 5.89. The minimum atomic E-state index is 0.561. The summed E-state index contributed by atoms with van der Waals surface area (Å²) >= 11 is 5.85. The first-order valence-corrected chi connectivity index (χ1v) is 6.27. The fraction of sp³-hybridized carbons (Fsp3) is 0.0667. The number of benzene rings is 2. The SMILES string of the molecule is Cc1nc(Oc2ccc(Cl)cc2)c2ccccc2n1. The van der Waals surface area contributed by atoms with E-state index in [0.29, 0.717) is 22.5 Å². The van der Waals surface area contributed by atoms with Gasteiger partial charge in [0.25, 0.3) is 0 Å². The fourth-order valence-corrected chi connectivity index (χ4v) is 1.98. The molecule has 0 aliphatic carbocycles. The zero-order valence-corrected chi connectivity index (χ0v) is 11.1. The van der Waals surface area contributed by atoms with Gasteiger partial charge < -0.3 is 4.74 Å². The van der Waals surface area contributed by atoms with Crippen LogP contribution in [0.25, 0.3) is 10.9 Å². The van der Waals surface area contributed by atoms with E-state index in [2.05, 4.69) is 9.97 Å². The Kier molecular flexibility index (Phi) is 3.05. The normalized spacial score (nSPS) is 10.6. The number of rotatable bonds is 2. The van der Waals surface area contributed by atoms with Crippen LogP contribution >= 0.6 is 11.6 Å². The Labute approximate surface area is 115 Å². The van der Waals surface area contributed by atoms with Gasteiger partial charge in [0.15, 0.2) is 0 Å². The molecule has 1 heterocycles. The number of aryl methyl sites for hydroxylation is 1. The molecule has 0 unspecified atom stereocenters. The maximum absolute atomic E-state index is 5.85.